The molecular weight excluding hydrogens is 336 g/mol. The molecule has 0 bridgehead atoms. The smallest absolute Gasteiger partial charge is 0.320 e. The zero-order valence-electron chi connectivity index (χ0n) is 10.7. The van der Waals surface area contributed by atoms with E-state index >= 15 is 0 Å². The lowest BCUT2D eigenvalue weighted by Gasteiger charge is -2.01. The summed E-state index contributed by atoms with van der Waals surface area (Å²) >= 11 is 3.26. The number of nitrogens with one attached hydrogen (secondary N) is 1. The summed E-state index contributed by atoms with van der Waals surface area (Å²) in [5.41, 5.74) is 1.69. The Morgan fingerprint density at radius 3 is 2.62 bits per heavy atom. The first-order chi connectivity index (χ1) is 10.2. The minimum absolute atomic E-state index is 0.0889. The second-order valence-electron chi connectivity index (χ2n) is 4.30. The third-order valence-electron chi connectivity index (χ3n) is 2.96. The largest absolute Gasteiger partial charge is 0.366 e. The Hall–Kier alpha value is -2.47. The molecule has 0 saturated carbocycles. The molecule has 6 heteroatoms. The predicted molar refractivity (Wildman–Crippen MR) is 81.2 cm³/mol. The fourth-order valence-corrected chi connectivity index (χ4v) is 2.40. The molecule has 1 aliphatic heterocycles. The average molecular weight is 345 g/mol. The van der Waals surface area contributed by atoms with Gasteiger partial charge in [0.1, 0.15) is 0 Å². The lowest BCUT2D eigenvalue weighted by atomic mass is 10.1. The number of amides is 1. The molecule has 104 valence electrons. The maximum atomic E-state index is 11.9. The van der Waals surface area contributed by atoms with Gasteiger partial charge in [0.25, 0.3) is 5.91 Å². The van der Waals surface area contributed by atoms with E-state index in [2.05, 4.69) is 26.4 Å². The van der Waals surface area contributed by atoms with Crippen molar-refractivity contribution >= 4 is 39.2 Å². The Balaban J connectivity index is 1.86. The molecule has 2 aromatic carbocycles. The highest BCUT2D eigenvalue weighted by molar-refractivity contribution is 9.10. The highest BCUT2D eigenvalue weighted by atomic mass is 79.9. The summed E-state index contributed by atoms with van der Waals surface area (Å²) in [5.74, 6) is -1.02. The van der Waals surface area contributed by atoms with Crippen LogP contribution in [0.1, 0.15) is 15.9 Å². The zero-order valence-corrected chi connectivity index (χ0v) is 12.3. The first-order valence-corrected chi connectivity index (χ1v) is 6.91. The van der Waals surface area contributed by atoms with Gasteiger partial charge in [-0.05, 0) is 34.1 Å². The Labute approximate surface area is 128 Å². The fraction of sp³-hybridized carbons (Fsp3) is 0. The topological polar surface area (TPSA) is 67.8 Å². The lowest BCUT2D eigenvalue weighted by molar-refractivity contribution is -0.110. The summed E-state index contributed by atoms with van der Waals surface area (Å²) in [6.07, 6.45) is 0. The van der Waals surface area contributed by atoms with Crippen molar-refractivity contribution < 1.29 is 14.4 Å². The van der Waals surface area contributed by atoms with Crippen molar-refractivity contribution in [3.63, 3.8) is 0 Å². The molecule has 0 atom stereocenters. The molecule has 0 aliphatic carbocycles. The van der Waals surface area contributed by atoms with Gasteiger partial charge in [-0.15, -0.1) is 0 Å². The number of carbonyl (C=O) groups is 2. The number of rotatable bonds is 2. The number of para-hydroxylation sites is 1. The Bertz CT molecular complexity index is 771. The van der Waals surface area contributed by atoms with Crippen molar-refractivity contribution in [1.29, 1.82) is 0 Å². The van der Waals surface area contributed by atoms with Gasteiger partial charge in [-0.2, -0.15) is 0 Å². The second-order valence-corrected chi connectivity index (χ2v) is 5.15. The summed E-state index contributed by atoms with van der Waals surface area (Å²) < 4.78 is 0.603. The minimum atomic E-state index is -0.632. The maximum absolute atomic E-state index is 11.9. The first kappa shape index (κ1) is 13.5. The summed E-state index contributed by atoms with van der Waals surface area (Å²) in [6, 6.07) is 13.9. The molecule has 1 heterocycles. The monoisotopic (exact) mass is 344 g/mol. The van der Waals surface area contributed by atoms with Gasteiger partial charge in [-0.25, -0.2) is 4.79 Å². The minimum Gasteiger partial charge on any atom is -0.320 e. The van der Waals surface area contributed by atoms with E-state index in [4.69, 9.17) is 4.84 Å². The van der Waals surface area contributed by atoms with Gasteiger partial charge < -0.3 is 10.2 Å². The molecule has 1 amide bonds. The van der Waals surface area contributed by atoms with Crippen molar-refractivity contribution in [1.82, 2.24) is 0 Å². The van der Waals surface area contributed by atoms with Crippen molar-refractivity contribution in [2.45, 2.75) is 0 Å². The van der Waals surface area contributed by atoms with Crippen LogP contribution in [0.4, 0.5) is 5.69 Å². The van der Waals surface area contributed by atoms with Crippen LogP contribution in [-0.4, -0.2) is 17.6 Å². The van der Waals surface area contributed by atoms with Crippen LogP contribution in [0.25, 0.3) is 0 Å². The molecule has 0 aromatic heterocycles. The number of halogens is 1. The molecule has 3 rings (SSSR count). The quantitative estimate of drug-likeness (QED) is 0.672. The van der Waals surface area contributed by atoms with Crippen molar-refractivity contribution in [3.05, 3.63) is 64.1 Å². The molecule has 0 spiro atoms. The summed E-state index contributed by atoms with van der Waals surface area (Å²) in [7, 11) is 0. The van der Waals surface area contributed by atoms with E-state index in [0.717, 1.165) is 0 Å². The second kappa shape index (κ2) is 5.49. The van der Waals surface area contributed by atoms with Gasteiger partial charge >= 0.3 is 5.97 Å². The number of hydrogen-bond acceptors (Lipinski definition) is 4. The third-order valence-corrected chi connectivity index (χ3v) is 3.65. The number of fused-ring (bicyclic) bond motifs is 1. The van der Waals surface area contributed by atoms with Crippen molar-refractivity contribution in [3.8, 4) is 0 Å². The van der Waals surface area contributed by atoms with Crippen LogP contribution < -0.4 is 5.32 Å². The van der Waals surface area contributed by atoms with Gasteiger partial charge in [-0.3, -0.25) is 4.79 Å². The van der Waals surface area contributed by atoms with Gasteiger partial charge in [0.15, 0.2) is 5.71 Å². The molecule has 0 radical (unpaired) electrons. The number of carbonyl (C=O) groups excluding carboxylic acids is 2. The maximum Gasteiger partial charge on any atom is 0.366 e. The molecule has 0 fully saturated rings. The van der Waals surface area contributed by atoms with Crippen LogP contribution in [0.2, 0.25) is 0 Å². The van der Waals surface area contributed by atoms with Crippen molar-refractivity contribution in [2.24, 2.45) is 5.16 Å². The Morgan fingerprint density at radius 1 is 1.10 bits per heavy atom. The number of hydrogen-bond donors (Lipinski definition) is 1. The van der Waals surface area contributed by atoms with Gasteiger partial charge in [0.05, 0.1) is 11.3 Å². The Kier molecular flexibility index (Phi) is 3.53. The van der Waals surface area contributed by atoms with Crippen LogP contribution in [0.15, 0.2) is 58.2 Å². The summed E-state index contributed by atoms with van der Waals surface area (Å²) in [5, 5.41) is 6.35. The number of anilines is 1. The van der Waals surface area contributed by atoms with Gasteiger partial charge in [-0.1, -0.05) is 35.5 Å². The Morgan fingerprint density at radius 2 is 1.81 bits per heavy atom. The molecule has 5 nitrogen and oxygen atoms in total. The standard InChI is InChI=1S/C15H9BrN2O3/c16-11-7-3-1-5-9(11)15(20)21-18-13-10-6-2-4-8-12(10)17-14(13)19/h1-8H,(H,17,18,19). The third kappa shape index (κ3) is 2.57. The highest BCUT2D eigenvalue weighted by Gasteiger charge is 2.26. The first-order valence-electron chi connectivity index (χ1n) is 6.11. The highest BCUT2D eigenvalue weighted by Crippen LogP contribution is 2.23. The predicted octanol–water partition coefficient (Wildman–Crippen LogP) is 2.96. The fourth-order valence-electron chi connectivity index (χ4n) is 1.96. The van der Waals surface area contributed by atoms with Gasteiger partial charge in [0.2, 0.25) is 0 Å². The lowest BCUT2D eigenvalue weighted by Crippen LogP contribution is -2.15. The van der Waals surface area contributed by atoms with E-state index in [1.165, 1.54) is 0 Å². The van der Waals surface area contributed by atoms with Crippen LogP contribution in [0.3, 0.4) is 0 Å². The van der Waals surface area contributed by atoms with E-state index in [9.17, 15) is 9.59 Å². The molecule has 21 heavy (non-hydrogen) atoms. The summed E-state index contributed by atoms with van der Waals surface area (Å²) in [6.45, 7) is 0. The number of benzene rings is 2. The number of oxime groups is 1. The molecule has 0 unspecified atom stereocenters. The van der Waals surface area contributed by atoms with E-state index in [0.29, 0.717) is 21.3 Å². The molecule has 2 aromatic rings. The number of nitrogens with zero attached hydrogens (tertiary/aromatic N) is 1. The molecule has 1 N–H and O–H groups in total. The average Bonchev–Trinajstić information content (AvgIpc) is 2.81. The van der Waals surface area contributed by atoms with E-state index in [1.807, 2.05) is 0 Å². The van der Waals surface area contributed by atoms with Crippen LogP contribution >= 0.6 is 15.9 Å². The SMILES string of the molecule is O=C1Nc2ccccc2/C1=N/OC(=O)c1ccccc1Br. The van der Waals surface area contributed by atoms with Crippen molar-refractivity contribution in [2.75, 3.05) is 5.32 Å². The molecule has 0 saturated heterocycles. The van der Waals surface area contributed by atoms with Crippen LogP contribution in [-0.2, 0) is 9.63 Å². The van der Waals surface area contributed by atoms with E-state index < -0.39 is 11.9 Å². The normalized spacial score (nSPS) is 14.7. The van der Waals surface area contributed by atoms with Crippen LogP contribution in [0, 0.1) is 0 Å². The van der Waals surface area contributed by atoms with Gasteiger partial charge in [0, 0.05) is 10.0 Å². The van der Waals surface area contributed by atoms with Crippen LogP contribution in [0.5, 0.6) is 0 Å². The zero-order chi connectivity index (χ0) is 14.8. The molecular formula is C15H9BrN2O3. The summed E-state index contributed by atoms with van der Waals surface area (Å²) in [4.78, 5) is 28.6. The van der Waals surface area contributed by atoms with E-state index in [1.54, 1.807) is 48.5 Å². The molecule has 1 aliphatic rings. The van der Waals surface area contributed by atoms with E-state index in [-0.39, 0.29) is 5.71 Å².